The van der Waals surface area contributed by atoms with Crippen LogP contribution in [0.25, 0.3) is 22.2 Å². The van der Waals surface area contributed by atoms with Crippen molar-refractivity contribution >= 4 is 46.1 Å². The molecule has 2 saturated heterocycles. The van der Waals surface area contributed by atoms with Gasteiger partial charge in [-0.3, -0.25) is 4.98 Å². The van der Waals surface area contributed by atoms with Crippen LogP contribution in [0.1, 0.15) is 50.5 Å². The first-order valence-electron chi connectivity index (χ1n) is 14.0. The van der Waals surface area contributed by atoms with Crippen LogP contribution in [0.5, 0.6) is 5.75 Å². The van der Waals surface area contributed by atoms with Gasteiger partial charge in [-0.05, 0) is 50.8 Å². The van der Waals surface area contributed by atoms with Crippen LogP contribution in [0.4, 0.5) is 10.7 Å². The number of carboxylic acid groups (broad SMARTS) is 1. The van der Waals surface area contributed by atoms with Gasteiger partial charge in [-0.15, -0.1) is 0 Å². The first-order chi connectivity index (χ1) is 20.4. The largest absolute Gasteiger partial charge is 0.486 e. The Morgan fingerprint density at radius 2 is 1.83 bits per heavy atom. The molecular weight excluding hydrogens is 581 g/mol. The highest BCUT2D eigenvalue weighted by molar-refractivity contribution is 6.35. The first kappa shape index (κ1) is 28.4. The number of amides is 1. The molecule has 2 unspecified atom stereocenters. The SMILES string of the molecule is CC(Oc1ccc2c(c1)c(-c1cnc(N3CCCN(C(=O)O)CC3)nc1)nn2C1CCCCO1)c1c(Cl)cncc1Cl. The number of benzene rings is 1. The zero-order valence-corrected chi connectivity index (χ0v) is 24.6. The second-order valence-electron chi connectivity index (χ2n) is 10.5. The Bertz CT molecular complexity index is 1560. The van der Waals surface area contributed by atoms with E-state index in [0.717, 1.165) is 41.4 Å². The fraction of sp³-hybridized carbons (Fsp3) is 0.414. The van der Waals surface area contributed by atoms with Gasteiger partial charge in [-0.2, -0.15) is 5.10 Å². The van der Waals surface area contributed by atoms with Crippen LogP contribution in [0, 0.1) is 0 Å². The van der Waals surface area contributed by atoms with Crippen LogP contribution >= 0.6 is 23.2 Å². The summed E-state index contributed by atoms with van der Waals surface area (Å²) in [5, 5.41) is 16.1. The highest BCUT2D eigenvalue weighted by Gasteiger charge is 2.24. The van der Waals surface area contributed by atoms with Crippen molar-refractivity contribution in [2.75, 3.05) is 37.7 Å². The number of aromatic nitrogens is 5. The average Bonchev–Trinajstić information content (AvgIpc) is 3.18. The molecule has 2 atom stereocenters. The van der Waals surface area contributed by atoms with Crippen LogP contribution in [-0.4, -0.2) is 73.6 Å². The molecule has 220 valence electrons. The Morgan fingerprint density at radius 1 is 1.05 bits per heavy atom. The second-order valence-corrected chi connectivity index (χ2v) is 11.3. The molecule has 42 heavy (non-hydrogen) atoms. The van der Waals surface area contributed by atoms with Gasteiger partial charge in [0.05, 0.1) is 15.6 Å². The van der Waals surface area contributed by atoms with Crippen molar-refractivity contribution in [3.63, 3.8) is 0 Å². The monoisotopic (exact) mass is 611 g/mol. The molecule has 2 aliphatic rings. The third-order valence-electron chi connectivity index (χ3n) is 7.68. The summed E-state index contributed by atoms with van der Waals surface area (Å²) in [6, 6.07) is 5.86. The summed E-state index contributed by atoms with van der Waals surface area (Å²) < 4.78 is 14.3. The summed E-state index contributed by atoms with van der Waals surface area (Å²) in [4.78, 5) is 28.2. The number of ether oxygens (including phenoxy) is 2. The lowest BCUT2D eigenvalue weighted by Crippen LogP contribution is -2.34. The number of halogens is 2. The van der Waals surface area contributed by atoms with E-state index in [9.17, 15) is 9.90 Å². The minimum absolute atomic E-state index is 0.162. The van der Waals surface area contributed by atoms with E-state index < -0.39 is 12.2 Å². The predicted octanol–water partition coefficient (Wildman–Crippen LogP) is 6.22. The number of pyridine rings is 1. The third kappa shape index (κ3) is 5.81. The molecule has 0 saturated carbocycles. The molecular formula is C29H31Cl2N7O4. The molecule has 11 nitrogen and oxygen atoms in total. The van der Waals surface area contributed by atoms with Gasteiger partial charge in [0, 0.05) is 74.1 Å². The number of nitrogens with zero attached hydrogens (tertiary/aromatic N) is 7. The summed E-state index contributed by atoms with van der Waals surface area (Å²) in [5.41, 5.74) is 3.06. The lowest BCUT2D eigenvalue weighted by molar-refractivity contribution is -0.0365. The molecule has 5 heterocycles. The summed E-state index contributed by atoms with van der Waals surface area (Å²) >= 11 is 12.8. The van der Waals surface area contributed by atoms with Crippen LogP contribution in [0.3, 0.4) is 0 Å². The van der Waals surface area contributed by atoms with Crippen molar-refractivity contribution in [1.82, 2.24) is 29.6 Å². The van der Waals surface area contributed by atoms with Crippen LogP contribution in [0.15, 0.2) is 43.0 Å². The Balaban J connectivity index is 1.32. The number of fused-ring (bicyclic) bond motifs is 1. The smallest absolute Gasteiger partial charge is 0.407 e. The van der Waals surface area contributed by atoms with E-state index in [1.54, 1.807) is 24.8 Å². The highest BCUT2D eigenvalue weighted by Crippen LogP contribution is 2.37. The Hall–Kier alpha value is -3.67. The van der Waals surface area contributed by atoms with E-state index in [4.69, 9.17) is 37.8 Å². The highest BCUT2D eigenvalue weighted by atomic mass is 35.5. The molecule has 3 aromatic heterocycles. The molecule has 13 heteroatoms. The van der Waals surface area contributed by atoms with E-state index in [1.165, 1.54) is 4.90 Å². The standard InChI is InChI=1S/C29H31Cl2N7O4/c1-18(26-22(30)16-32-17-23(26)31)42-20-6-7-24-21(13-20)27(35-38(24)25-5-2-3-12-41-25)19-14-33-28(34-15-19)36-8-4-9-37(11-10-36)29(39)40/h6-7,13-18,25H,2-5,8-12H2,1H3,(H,39,40). The molecule has 0 aliphatic carbocycles. The summed E-state index contributed by atoms with van der Waals surface area (Å²) in [5.74, 6) is 1.20. The van der Waals surface area contributed by atoms with Gasteiger partial charge in [-0.1, -0.05) is 23.2 Å². The zero-order valence-electron chi connectivity index (χ0n) is 23.1. The van der Waals surface area contributed by atoms with Crippen LogP contribution in [0.2, 0.25) is 10.0 Å². The molecule has 2 fully saturated rings. The maximum atomic E-state index is 11.4. The van der Waals surface area contributed by atoms with Crippen molar-refractivity contribution in [2.45, 2.75) is 44.9 Å². The van der Waals surface area contributed by atoms with Gasteiger partial charge < -0.3 is 24.4 Å². The van der Waals surface area contributed by atoms with Crippen molar-refractivity contribution in [3.05, 3.63) is 58.6 Å². The number of hydrogen-bond acceptors (Lipinski definition) is 8. The topological polar surface area (TPSA) is 119 Å². The fourth-order valence-electron chi connectivity index (χ4n) is 5.53. The molecule has 0 radical (unpaired) electrons. The lowest BCUT2D eigenvalue weighted by Gasteiger charge is -2.23. The van der Waals surface area contributed by atoms with Gasteiger partial charge in [0.25, 0.3) is 0 Å². The van der Waals surface area contributed by atoms with Gasteiger partial charge in [0.2, 0.25) is 5.95 Å². The summed E-state index contributed by atoms with van der Waals surface area (Å²) in [6.07, 6.45) is 8.85. The van der Waals surface area contributed by atoms with Crippen LogP contribution < -0.4 is 9.64 Å². The molecule has 1 amide bonds. The minimum atomic E-state index is -0.901. The van der Waals surface area contributed by atoms with Crippen molar-refractivity contribution < 1.29 is 19.4 Å². The zero-order chi connectivity index (χ0) is 29.2. The average molecular weight is 613 g/mol. The van der Waals surface area contributed by atoms with Crippen molar-refractivity contribution in [3.8, 4) is 17.0 Å². The maximum absolute atomic E-state index is 11.4. The third-order valence-corrected chi connectivity index (χ3v) is 8.28. The molecule has 4 aromatic rings. The number of hydrogen-bond donors (Lipinski definition) is 1. The number of rotatable bonds is 6. The molecule has 0 bridgehead atoms. The molecule has 2 aliphatic heterocycles. The van der Waals surface area contributed by atoms with Gasteiger partial charge in [0.1, 0.15) is 17.5 Å². The first-order valence-corrected chi connectivity index (χ1v) is 14.8. The lowest BCUT2D eigenvalue weighted by atomic mass is 10.1. The van der Waals surface area contributed by atoms with Gasteiger partial charge in [-0.25, -0.2) is 19.4 Å². The van der Waals surface area contributed by atoms with Gasteiger partial charge in [0.15, 0.2) is 6.23 Å². The van der Waals surface area contributed by atoms with E-state index >= 15 is 0 Å². The Labute approximate surface area is 253 Å². The van der Waals surface area contributed by atoms with E-state index in [-0.39, 0.29) is 6.23 Å². The van der Waals surface area contributed by atoms with Crippen LogP contribution in [-0.2, 0) is 4.74 Å². The van der Waals surface area contributed by atoms with E-state index in [0.29, 0.717) is 66.5 Å². The van der Waals surface area contributed by atoms with E-state index in [2.05, 4.69) is 15.0 Å². The number of carbonyl (C=O) groups is 1. The van der Waals surface area contributed by atoms with Crippen molar-refractivity contribution in [2.24, 2.45) is 0 Å². The normalized spacial score (nSPS) is 18.6. The minimum Gasteiger partial charge on any atom is -0.486 e. The molecule has 1 aromatic carbocycles. The predicted molar refractivity (Wildman–Crippen MR) is 159 cm³/mol. The second kappa shape index (κ2) is 12.3. The quantitative estimate of drug-likeness (QED) is 0.271. The summed E-state index contributed by atoms with van der Waals surface area (Å²) in [6.45, 7) is 4.72. The number of anilines is 1. The fourth-order valence-corrected chi connectivity index (χ4v) is 6.20. The summed E-state index contributed by atoms with van der Waals surface area (Å²) in [7, 11) is 0. The van der Waals surface area contributed by atoms with E-state index in [1.807, 2.05) is 34.7 Å². The molecule has 1 N–H and O–H groups in total. The van der Waals surface area contributed by atoms with Gasteiger partial charge >= 0.3 is 6.09 Å². The maximum Gasteiger partial charge on any atom is 0.407 e. The molecule has 6 rings (SSSR count). The Morgan fingerprint density at radius 3 is 2.55 bits per heavy atom. The Kier molecular flexibility index (Phi) is 8.32. The van der Waals surface area contributed by atoms with Crippen molar-refractivity contribution in [1.29, 1.82) is 0 Å². The molecule has 0 spiro atoms.